The first-order valence-corrected chi connectivity index (χ1v) is 6.46. The lowest BCUT2D eigenvalue weighted by Gasteiger charge is -2.21. The third-order valence-electron chi connectivity index (χ3n) is 3.07. The number of halogens is 2. The topological polar surface area (TPSA) is 59.2 Å². The monoisotopic (exact) mass is 291 g/mol. The summed E-state index contributed by atoms with van der Waals surface area (Å²) in [5, 5.41) is 0. The molecule has 2 aromatic rings. The summed E-state index contributed by atoms with van der Waals surface area (Å²) < 4.78 is 26.4. The number of anilines is 1. The van der Waals surface area contributed by atoms with Crippen molar-refractivity contribution in [2.24, 2.45) is 0 Å². The van der Waals surface area contributed by atoms with Gasteiger partial charge in [-0.1, -0.05) is 6.07 Å². The number of nitrogens with two attached hydrogens (primary N) is 1. The minimum Gasteiger partial charge on any atom is -0.398 e. The highest BCUT2D eigenvalue weighted by molar-refractivity contribution is 5.99. The number of amides is 1. The van der Waals surface area contributed by atoms with E-state index in [0.29, 0.717) is 12.2 Å². The lowest BCUT2D eigenvalue weighted by molar-refractivity contribution is 0.0751. The molecule has 6 heteroatoms. The molecule has 110 valence electrons. The van der Waals surface area contributed by atoms with Crippen molar-refractivity contribution in [2.75, 3.05) is 12.3 Å². The Morgan fingerprint density at radius 3 is 2.62 bits per heavy atom. The first-order chi connectivity index (χ1) is 10.0. The largest absolute Gasteiger partial charge is 0.398 e. The van der Waals surface area contributed by atoms with E-state index in [0.717, 1.165) is 12.1 Å². The molecular weight excluding hydrogens is 276 g/mol. The van der Waals surface area contributed by atoms with Crippen molar-refractivity contribution < 1.29 is 13.6 Å². The molecule has 0 aliphatic carbocycles. The van der Waals surface area contributed by atoms with Crippen LogP contribution in [0.3, 0.4) is 0 Å². The normalized spacial score (nSPS) is 10.4. The Balaban J connectivity index is 2.26. The fourth-order valence-corrected chi connectivity index (χ4v) is 1.93. The van der Waals surface area contributed by atoms with E-state index in [2.05, 4.69) is 4.98 Å². The second kappa shape index (κ2) is 6.30. The van der Waals surface area contributed by atoms with Gasteiger partial charge in [0, 0.05) is 24.5 Å². The molecule has 0 atom stereocenters. The predicted molar refractivity (Wildman–Crippen MR) is 75.4 cm³/mol. The molecule has 0 aliphatic rings. The lowest BCUT2D eigenvalue weighted by atomic mass is 10.1. The van der Waals surface area contributed by atoms with Crippen LogP contribution in [0.2, 0.25) is 0 Å². The SMILES string of the molecule is CCN(Cc1ccccn1)C(=O)c1cc(F)c(F)cc1N. The van der Waals surface area contributed by atoms with E-state index in [1.54, 1.807) is 25.3 Å². The van der Waals surface area contributed by atoms with E-state index in [4.69, 9.17) is 5.73 Å². The van der Waals surface area contributed by atoms with Gasteiger partial charge in [-0.05, 0) is 25.1 Å². The molecule has 0 saturated carbocycles. The van der Waals surface area contributed by atoms with Crippen LogP contribution in [0.5, 0.6) is 0 Å². The number of benzene rings is 1. The van der Waals surface area contributed by atoms with E-state index in [1.807, 2.05) is 6.07 Å². The zero-order valence-corrected chi connectivity index (χ0v) is 11.5. The number of carbonyl (C=O) groups is 1. The van der Waals surface area contributed by atoms with Gasteiger partial charge in [0.15, 0.2) is 11.6 Å². The Labute approximate surface area is 121 Å². The standard InChI is InChI=1S/C15H15F2N3O/c1-2-20(9-10-5-3-4-6-19-10)15(21)11-7-12(16)13(17)8-14(11)18/h3-8H,2,9,18H2,1H3. The van der Waals surface area contributed by atoms with Gasteiger partial charge in [0.2, 0.25) is 0 Å². The van der Waals surface area contributed by atoms with Crippen LogP contribution in [0.25, 0.3) is 0 Å². The summed E-state index contributed by atoms with van der Waals surface area (Å²) in [5.41, 5.74) is 6.18. The van der Waals surface area contributed by atoms with Gasteiger partial charge < -0.3 is 10.6 Å². The van der Waals surface area contributed by atoms with Crippen molar-refractivity contribution in [1.29, 1.82) is 0 Å². The Kier molecular flexibility index (Phi) is 4.47. The molecule has 1 aromatic carbocycles. The number of aromatic nitrogens is 1. The molecule has 0 bridgehead atoms. The van der Waals surface area contributed by atoms with Crippen LogP contribution >= 0.6 is 0 Å². The van der Waals surface area contributed by atoms with Gasteiger partial charge in [-0.2, -0.15) is 0 Å². The smallest absolute Gasteiger partial charge is 0.256 e. The van der Waals surface area contributed by atoms with E-state index in [1.165, 1.54) is 4.90 Å². The first-order valence-electron chi connectivity index (χ1n) is 6.46. The molecule has 21 heavy (non-hydrogen) atoms. The summed E-state index contributed by atoms with van der Waals surface area (Å²) in [5.74, 6) is -2.63. The van der Waals surface area contributed by atoms with Crippen molar-refractivity contribution >= 4 is 11.6 Å². The highest BCUT2D eigenvalue weighted by Crippen LogP contribution is 2.19. The summed E-state index contributed by atoms with van der Waals surface area (Å²) in [7, 11) is 0. The van der Waals surface area contributed by atoms with E-state index >= 15 is 0 Å². The Morgan fingerprint density at radius 2 is 2.00 bits per heavy atom. The molecule has 0 spiro atoms. The average Bonchev–Trinajstić information content (AvgIpc) is 2.49. The number of nitrogens with zero attached hydrogens (tertiary/aromatic N) is 2. The maximum Gasteiger partial charge on any atom is 0.256 e. The van der Waals surface area contributed by atoms with E-state index in [9.17, 15) is 13.6 Å². The molecule has 1 amide bonds. The van der Waals surface area contributed by atoms with Gasteiger partial charge in [0.1, 0.15) is 0 Å². The number of hydrogen-bond donors (Lipinski definition) is 1. The zero-order valence-electron chi connectivity index (χ0n) is 11.5. The summed E-state index contributed by atoms with van der Waals surface area (Å²) in [6, 6.07) is 7.01. The molecule has 2 N–H and O–H groups in total. The number of rotatable bonds is 4. The number of carbonyl (C=O) groups excluding carboxylic acids is 1. The molecule has 1 aromatic heterocycles. The second-order valence-electron chi connectivity index (χ2n) is 4.49. The van der Waals surface area contributed by atoms with Crippen molar-refractivity contribution in [3.63, 3.8) is 0 Å². The highest BCUT2D eigenvalue weighted by Gasteiger charge is 2.20. The quantitative estimate of drug-likeness (QED) is 0.881. The molecular formula is C15H15F2N3O. The van der Waals surface area contributed by atoms with Crippen molar-refractivity contribution in [3.8, 4) is 0 Å². The minimum atomic E-state index is -1.10. The van der Waals surface area contributed by atoms with Crippen LogP contribution in [0.1, 0.15) is 23.0 Å². The first kappa shape index (κ1) is 14.9. The Hall–Kier alpha value is -2.50. The van der Waals surface area contributed by atoms with Crippen LogP contribution < -0.4 is 5.73 Å². The third-order valence-corrected chi connectivity index (χ3v) is 3.07. The number of pyridine rings is 1. The fraction of sp³-hybridized carbons (Fsp3) is 0.200. The zero-order chi connectivity index (χ0) is 15.4. The molecule has 0 unspecified atom stereocenters. The summed E-state index contributed by atoms with van der Waals surface area (Å²) in [6.45, 7) is 2.46. The summed E-state index contributed by atoms with van der Waals surface area (Å²) in [6.07, 6.45) is 1.62. The average molecular weight is 291 g/mol. The molecule has 0 saturated heterocycles. The molecule has 0 aliphatic heterocycles. The van der Waals surface area contributed by atoms with Gasteiger partial charge in [-0.3, -0.25) is 9.78 Å². The minimum absolute atomic E-state index is 0.0494. The van der Waals surface area contributed by atoms with Crippen LogP contribution in [0.15, 0.2) is 36.5 Å². The lowest BCUT2D eigenvalue weighted by Crippen LogP contribution is -2.31. The summed E-state index contributed by atoms with van der Waals surface area (Å²) in [4.78, 5) is 18.0. The molecule has 0 radical (unpaired) electrons. The molecule has 0 fully saturated rings. The highest BCUT2D eigenvalue weighted by atomic mass is 19.2. The van der Waals surface area contributed by atoms with E-state index < -0.39 is 17.5 Å². The molecule has 2 rings (SSSR count). The van der Waals surface area contributed by atoms with E-state index in [-0.39, 0.29) is 17.8 Å². The van der Waals surface area contributed by atoms with Crippen LogP contribution in [-0.4, -0.2) is 22.3 Å². The Morgan fingerprint density at radius 1 is 1.29 bits per heavy atom. The van der Waals surface area contributed by atoms with Crippen molar-refractivity contribution in [3.05, 3.63) is 59.4 Å². The number of hydrogen-bond acceptors (Lipinski definition) is 3. The van der Waals surface area contributed by atoms with Gasteiger partial charge in [0.05, 0.1) is 17.8 Å². The van der Waals surface area contributed by atoms with Gasteiger partial charge in [-0.25, -0.2) is 8.78 Å². The predicted octanol–water partition coefficient (Wildman–Crippen LogP) is 2.60. The van der Waals surface area contributed by atoms with Crippen LogP contribution in [-0.2, 0) is 6.54 Å². The third kappa shape index (κ3) is 3.34. The van der Waals surface area contributed by atoms with Crippen LogP contribution in [0, 0.1) is 11.6 Å². The maximum atomic E-state index is 13.3. The van der Waals surface area contributed by atoms with Crippen molar-refractivity contribution in [1.82, 2.24) is 9.88 Å². The Bertz CT molecular complexity index is 647. The van der Waals surface area contributed by atoms with Crippen LogP contribution in [0.4, 0.5) is 14.5 Å². The number of nitrogen functional groups attached to an aromatic ring is 1. The molecule has 4 nitrogen and oxygen atoms in total. The summed E-state index contributed by atoms with van der Waals surface area (Å²) >= 11 is 0. The maximum absolute atomic E-state index is 13.3. The second-order valence-corrected chi connectivity index (χ2v) is 4.49. The van der Waals surface area contributed by atoms with Gasteiger partial charge >= 0.3 is 0 Å². The fourth-order valence-electron chi connectivity index (χ4n) is 1.93. The van der Waals surface area contributed by atoms with Crippen molar-refractivity contribution in [2.45, 2.75) is 13.5 Å². The molecule has 1 heterocycles. The van der Waals surface area contributed by atoms with Gasteiger partial charge in [-0.15, -0.1) is 0 Å². The van der Waals surface area contributed by atoms with Gasteiger partial charge in [0.25, 0.3) is 5.91 Å².